The van der Waals surface area contributed by atoms with Crippen molar-refractivity contribution in [3.05, 3.63) is 60.8 Å². The highest BCUT2D eigenvalue weighted by atomic mass is 16.5. The van der Waals surface area contributed by atoms with E-state index in [2.05, 4.69) is 22.2 Å². The van der Waals surface area contributed by atoms with Crippen LogP contribution in [0.4, 0.5) is 11.5 Å². The summed E-state index contributed by atoms with van der Waals surface area (Å²) in [7, 11) is 0. The Bertz CT molecular complexity index is 621. The molecule has 2 N–H and O–H groups in total. The van der Waals surface area contributed by atoms with Crippen LogP contribution in [0.25, 0.3) is 0 Å². The zero-order chi connectivity index (χ0) is 15.8. The van der Waals surface area contributed by atoms with Gasteiger partial charge < -0.3 is 15.4 Å². The van der Waals surface area contributed by atoms with Gasteiger partial charge in [0.1, 0.15) is 11.6 Å². The zero-order valence-corrected chi connectivity index (χ0v) is 12.5. The molecule has 114 valence electrons. The lowest BCUT2D eigenvalue weighted by molar-refractivity contribution is 0.0957. The molecular weight excluding hydrogens is 278 g/mol. The molecule has 1 aromatic carbocycles. The van der Waals surface area contributed by atoms with Gasteiger partial charge in [-0.15, -0.1) is 6.58 Å². The molecule has 1 amide bonds. The number of benzene rings is 1. The molecule has 0 fully saturated rings. The van der Waals surface area contributed by atoms with E-state index in [4.69, 9.17) is 4.74 Å². The highest BCUT2D eigenvalue weighted by molar-refractivity contribution is 5.94. The van der Waals surface area contributed by atoms with Crippen molar-refractivity contribution in [1.29, 1.82) is 0 Å². The number of pyridine rings is 1. The lowest BCUT2D eigenvalue weighted by Gasteiger charge is -2.08. The maximum atomic E-state index is 11.7. The Balaban J connectivity index is 1.98. The van der Waals surface area contributed by atoms with Crippen LogP contribution in [-0.2, 0) is 0 Å². The Morgan fingerprint density at radius 3 is 2.64 bits per heavy atom. The summed E-state index contributed by atoms with van der Waals surface area (Å²) in [6.07, 6.45) is 3.17. The summed E-state index contributed by atoms with van der Waals surface area (Å²) in [5.74, 6) is 1.33. The van der Waals surface area contributed by atoms with Gasteiger partial charge in [0.15, 0.2) is 0 Å². The Kier molecular flexibility index (Phi) is 5.54. The number of hydrogen-bond acceptors (Lipinski definition) is 4. The Morgan fingerprint density at radius 1 is 1.27 bits per heavy atom. The molecule has 1 aromatic heterocycles. The molecule has 0 saturated carbocycles. The Morgan fingerprint density at radius 2 is 2.05 bits per heavy atom. The van der Waals surface area contributed by atoms with Crippen LogP contribution in [0.5, 0.6) is 5.75 Å². The third kappa shape index (κ3) is 4.34. The number of ether oxygens (including phenoxy) is 1. The SMILES string of the molecule is C=CCNC(=O)c1ccc(Nc2ccc(OCC)cc2)nc1. The summed E-state index contributed by atoms with van der Waals surface area (Å²) in [6, 6.07) is 11.1. The summed E-state index contributed by atoms with van der Waals surface area (Å²) >= 11 is 0. The van der Waals surface area contributed by atoms with Crippen molar-refractivity contribution in [1.82, 2.24) is 10.3 Å². The van der Waals surface area contributed by atoms with Gasteiger partial charge >= 0.3 is 0 Å². The average Bonchev–Trinajstić information content (AvgIpc) is 2.55. The Hall–Kier alpha value is -2.82. The van der Waals surface area contributed by atoms with E-state index in [1.807, 2.05) is 31.2 Å². The molecule has 5 heteroatoms. The summed E-state index contributed by atoms with van der Waals surface area (Å²) in [5.41, 5.74) is 1.42. The van der Waals surface area contributed by atoms with Crippen molar-refractivity contribution in [2.75, 3.05) is 18.5 Å². The molecule has 1 heterocycles. The molecule has 2 rings (SSSR count). The summed E-state index contributed by atoms with van der Waals surface area (Å²) in [6.45, 7) is 6.58. The largest absolute Gasteiger partial charge is 0.494 e. The van der Waals surface area contributed by atoms with Crippen LogP contribution in [0.3, 0.4) is 0 Å². The third-order valence-corrected chi connectivity index (χ3v) is 2.87. The standard InChI is InChI=1S/C17H19N3O2/c1-3-11-18-17(21)13-5-10-16(19-12-13)20-14-6-8-15(9-7-14)22-4-2/h3,5-10,12H,1,4,11H2,2H3,(H,18,21)(H,19,20). The maximum Gasteiger partial charge on any atom is 0.253 e. The zero-order valence-electron chi connectivity index (χ0n) is 12.5. The fourth-order valence-corrected chi connectivity index (χ4v) is 1.82. The second-order valence-electron chi connectivity index (χ2n) is 4.51. The number of carbonyl (C=O) groups is 1. The molecule has 0 aliphatic heterocycles. The van der Waals surface area contributed by atoms with E-state index in [-0.39, 0.29) is 5.91 Å². The number of carbonyl (C=O) groups excluding carboxylic acids is 1. The topological polar surface area (TPSA) is 63.2 Å². The van der Waals surface area contributed by atoms with Crippen molar-refractivity contribution >= 4 is 17.4 Å². The number of anilines is 2. The molecule has 0 saturated heterocycles. The van der Waals surface area contributed by atoms with Crippen molar-refractivity contribution in [3.8, 4) is 5.75 Å². The second kappa shape index (κ2) is 7.83. The molecule has 2 aromatic rings. The number of amides is 1. The van der Waals surface area contributed by atoms with Crippen LogP contribution in [0.1, 0.15) is 17.3 Å². The molecule has 0 aliphatic rings. The fourth-order valence-electron chi connectivity index (χ4n) is 1.82. The lowest BCUT2D eigenvalue weighted by atomic mass is 10.2. The van der Waals surface area contributed by atoms with Crippen LogP contribution < -0.4 is 15.4 Å². The minimum absolute atomic E-state index is 0.167. The molecule has 0 atom stereocenters. The average molecular weight is 297 g/mol. The van der Waals surface area contributed by atoms with Gasteiger partial charge in [-0.2, -0.15) is 0 Å². The number of nitrogens with one attached hydrogen (secondary N) is 2. The number of hydrogen-bond donors (Lipinski definition) is 2. The van der Waals surface area contributed by atoms with Crippen molar-refractivity contribution in [3.63, 3.8) is 0 Å². The summed E-state index contributed by atoms with van der Waals surface area (Å²) in [4.78, 5) is 16.0. The quantitative estimate of drug-likeness (QED) is 0.771. The first-order valence-electron chi connectivity index (χ1n) is 7.08. The normalized spacial score (nSPS) is 9.86. The highest BCUT2D eigenvalue weighted by Crippen LogP contribution is 2.19. The monoisotopic (exact) mass is 297 g/mol. The van der Waals surface area contributed by atoms with Crippen LogP contribution in [0, 0.1) is 0 Å². The lowest BCUT2D eigenvalue weighted by Crippen LogP contribution is -2.23. The van der Waals surface area contributed by atoms with Crippen molar-refractivity contribution in [2.45, 2.75) is 6.92 Å². The minimum atomic E-state index is -0.167. The first-order chi connectivity index (χ1) is 10.7. The first kappa shape index (κ1) is 15.6. The molecule has 0 bridgehead atoms. The number of rotatable bonds is 7. The van der Waals surface area contributed by atoms with Crippen LogP contribution >= 0.6 is 0 Å². The number of nitrogens with zero attached hydrogens (tertiary/aromatic N) is 1. The molecule has 0 unspecified atom stereocenters. The van der Waals surface area contributed by atoms with Gasteiger partial charge in [0, 0.05) is 18.4 Å². The molecule has 22 heavy (non-hydrogen) atoms. The predicted molar refractivity (Wildman–Crippen MR) is 87.7 cm³/mol. The van der Waals surface area contributed by atoms with Gasteiger partial charge in [-0.25, -0.2) is 4.98 Å². The third-order valence-electron chi connectivity index (χ3n) is 2.87. The van der Waals surface area contributed by atoms with Crippen molar-refractivity contribution in [2.24, 2.45) is 0 Å². The maximum absolute atomic E-state index is 11.7. The number of aromatic nitrogens is 1. The molecule has 0 spiro atoms. The van der Waals surface area contributed by atoms with Gasteiger partial charge in [0.05, 0.1) is 12.2 Å². The molecule has 5 nitrogen and oxygen atoms in total. The van der Waals surface area contributed by atoms with E-state index >= 15 is 0 Å². The molecular formula is C17H19N3O2. The van der Waals surface area contributed by atoms with E-state index in [0.29, 0.717) is 24.5 Å². The second-order valence-corrected chi connectivity index (χ2v) is 4.51. The predicted octanol–water partition coefficient (Wildman–Crippen LogP) is 3.14. The fraction of sp³-hybridized carbons (Fsp3) is 0.176. The van der Waals surface area contributed by atoms with E-state index in [9.17, 15) is 4.79 Å². The van der Waals surface area contributed by atoms with E-state index in [1.54, 1.807) is 18.2 Å². The molecule has 0 radical (unpaired) electrons. The van der Waals surface area contributed by atoms with Gasteiger partial charge in [-0.05, 0) is 43.3 Å². The smallest absolute Gasteiger partial charge is 0.253 e. The van der Waals surface area contributed by atoms with Crippen LogP contribution in [-0.4, -0.2) is 24.0 Å². The van der Waals surface area contributed by atoms with Gasteiger partial charge in [-0.3, -0.25) is 4.79 Å². The van der Waals surface area contributed by atoms with Crippen LogP contribution in [0.15, 0.2) is 55.3 Å². The first-order valence-corrected chi connectivity index (χ1v) is 7.08. The van der Waals surface area contributed by atoms with Gasteiger partial charge in [-0.1, -0.05) is 6.08 Å². The van der Waals surface area contributed by atoms with Crippen molar-refractivity contribution < 1.29 is 9.53 Å². The summed E-state index contributed by atoms with van der Waals surface area (Å²) < 4.78 is 5.39. The Labute approximate surface area is 130 Å². The van der Waals surface area contributed by atoms with Crippen LogP contribution in [0.2, 0.25) is 0 Å². The summed E-state index contributed by atoms with van der Waals surface area (Å²) in [5, 5.41) is 5.87. The van der Waals surface area contributed by atoms with Gasteiger partial charge in [0.2, 0.25) is 0 Å². The van der Waals surface area contributed by atoms with E-state index < -0.39 is 0 Å². The van der Waals surface area contributed by atoms with E-state index in [1.165, 1.54) is 6.20 Å². The minimum Gasteiger partial charge on any atom is -0.494 e. The molecule has 0 aliphatic carbocycles. The highest BCUT2D eigenvalue weighted by Gasteiger charge is 2.05. The van der Waals surface area contributed by atoms with Gasteiger partial charge in [0.25, 0.3) is 5.91 Å². The van der Waals surface area contributed by atoms with E-state index in [0.717, 1.165) is 11.4 Å².